The lowest BCUT2D eigenvalue weighted by Gasteiger charge is -2.35. The van der Waals surface area contributed by atoms with Crippen LogP contribution in [0.25, 0.3) is 0 Å². The summed E-state index contributed by atoms with van der Waals surface area (Å²) in [6.07, 6.45) is 13.6. The molecule has 1 rings (SSSR count). The number of aliphatic carboxylic acids is 1. The molecule has 0 fully saturated rings. The fourth-order valence-electron chi connectivity index (χ4n) is 3.21. The van der Waals surface area contributed by atoms with E-state index in [-0.39, 0.29) is 4.96 Å². The molecule has 0 aromatic heterocycles. The molecule has 0 saturated carbocycles. The summed E-state index contributed by atoms with van der Waals surface area (Å²) >= 11 is 12.6. The number of hydrogen-bond donors (Lipinski definition) is 0. The zero-order valence-corrected chi connectivity index (χ0v) is 19.5. The average Bonchev–Trinajstić information content (AvgIpc) is 2.63. The normalized spacial score (nSPS) is 12.9. The fourth-order valence-corrected chi connectivity index (χ4v) is 3.54. The van der Waals surface area contributed by atoms with Crippen molar-refractivity contribution in [3.8, 4) is 0 Å². The summed E-state index contributed by atoms with van der Waals surface area (Å²) in [5.74, 6) is -1.08. The van der Waals surface area contributed by atoms with Gasteiger partial charge in [-0.1, -0.05) is 88.6 Å². The molecule has 28 heavy (non-hydrogen) atoms. The van der Waals surface area contributed by atoms with Gasteiger partial charge in [-0.05, 0) is 43.0 Å². The van der Waals surface area contributed by atoms with Crippen LogP contribution in [-0.2, 0) is 11.3 Å². The number of nitrogens with zero attached hydrogens (tertiary/aromatic N) is 1. The molecule has 0 N–H and O–H groups in total. The third-order valence-electron chi connectivity index (χ3n) is 4.88. The number of carbonyl (C=O) groups excluding carboxylic acids is 1. The van der Waals surface area contributed by atoms with E-state index in [2.05, 4.69) is 44.3 Å². The van der Waals surface area contributed by atoms with Crippen molar-refractivity contribution >= 4 is 29.2 Å². The number of hydrogen-bond acceptors (Lipinski definition) is 2. The van der Waals surface area contributed by atoms with E-state index in [1.807, 2.05) is 0 Å². The molecule has 0 bridgehead atoms. The van der Waals surface area contributed by atoms with Crippen LogP contribution in [0.5, 0.6) is 0 Å². The summed E-state index contributed by atoms with van der Waals surface area (Å²) < 4.78 is 0.699. The number of carbonyl (C=O) groups is 1. The standard InChI is InChI=1S/C21H36Cl2N.C2H4O2/c1-3-4-5-6-7-8-9-10-11-15-18-24(2,21(22)23)19-20-16-13-12-14-17-20;1-2(3)4/h12-14,16-17,21H,3-11,15,18-19H2,1-2H3;1H3,(H,3,4)/q+1;/p-1. The third-order valence-corrected chi connectivity index (χ3v) is 5.82. The Kier molecular flexibility index (Phi) is 16.6. The van der Waals surface area contributed by atoms with Crippen molar-refractivity contribution in [3.63, 3.8) is 0 Å². The molecule has 5 heteroatoms. The molecular weight excluding hydrogens is 393 g/mol. The van der Waals surface area contributed by atoms with Gasteiger partial charge < -0.3 is 9.90 Å². The second-order valence-electron chi connectivity index (χ2n) is 7.80. The van der Waals surface area contributed by atoms with Crippen LogP contribution in [0.1, 0.15) is 83.6 Å². The summed E-state index contributed by atoms with van der Waals surface area (Å²) in [5.41, 5.74) is 1.30. The summed E-state index contributed by atoms with van der Waals surface area (Å²) in [5, 5.41) is 8.89. The van der Waals surface area contributed by atoms with Gasteiger partial charge in [0, 0.05) is 11.5 Å². The zero-order chi connectivity index (χ0) is 21.3. The van der Waals surface area contributed by atoms with Crippen molar-refractivity contribution in [1.29, 1.82) is 0 Å². The van der Waals surface area contributed by atoms with Crippen molar-refractivity contribution in [1.82, 2.24) is 0 Å². The number of unbranched alkanes of at least 4 members (excludes halogenated alkanes) is 9. The first-order valence-corrected chi connectivity index (χ1v) is 11.5. The Labute approximate surface area is 182 Å². The third kappa shape index (κ3) is 15.2. The van der Waals surface area contributed by atoms with Crippen LogP contribution in [0, 0.1) is 0 Å². The Morgan fingerprint density at radius 2 is 1.36 bits per heavy atom. The summed E-state index contributed by atoms with van der Waals surface area (Å²) in [6, 6.07) is 10.5. The molecule has 1 atom stereocenters. The summed E-state index contributed by atoms with van der Waals surface area (Å²) in [4.78, 5) is 8.52. The largest absolute Gasteiger partial charge is 0.550 e. The topological polar surface area (TPSA) is 40.1 Å². The number of quaternary nitrogens is 1. The van der Waals surface area contributed by atoms with Gasteiger partial charge in [0.05, 0.1) is 13.6 Å². The number of rotatable bonds is 14. The van der Waals surface area contributed by atoms with Crippen LogP contribution in [0.4, 0.5) is 0 Å². The molecule has 0 saturated heterocycles. The van der Waals surface area contributed by atoms with Gasteiger partial charge in [0.2, 0.25) is 4.96 Å². The van der Waals surface area contributed by atoms with E-state index in [4.69, 9.17) is 33.1 Å². The molecule has 0 radical (unpaired) electrons. The van der Waals surface area contributed by atoms with Gasteiger partial charge in [0.15, 0.2) is 0 Å². The molecule has 1 unspecified atom stereocenters. The van der Waals surface area contributed by atoms with E-state index in [0.717, 1.165) is 20.0 Å². The Balaban J connectivity index is 0.00000165. The van der Waals surface area contributed by atoms with E-state index >= 15 is 0 Å². The molecular formula is C23H39Cl2NO2. The van der Waals surface area contributed by atoms with Crippen molar-refractivity contribution in [2.75, 3.05) is 13.6 Å². The van der Waals surface area contributed by atoms with E-state index in [9.17, 15) is 0 Å². The number of carboxylic acid groups (broad SMARTS) is 1. The number of carboxylic acids is 1. The lowest BCUT2D eigenvalue weighted by atomic mass is 10.1. The minimum atomic E-state index is -1.08. The maximum absolute atomic E-state index is 8.89. The van der Waals surface area contributed by atoms with Crippen LogP contribution in [0.15, 0.2) is 30.3 Å². The maximum atomic E-state index is 8.89. The van der Waals surface area contributed by atoms with Crippen LogP contribution in [0.2, 0.25) is 0 Å². The van der Waals surface area contributed by atoms with Crippen LogP contribution >= 0.6 is 23.2 Å². The van der Waals surface area contributed by atoms with Crippen LogP contribution < -0.4 is 5.11 Å². The van der Waals surface area contributed by atoms with Gasteiger partial charge in [-0.2, -0.15) is 0 Å². The van der Waals surface area contributed by atoms with Crippen molar-refractivity contribution in [3.05, 3.63) is 35.9 Å². The van der Waals surface area contributed by atoms with Crippen molar-refractivity contribution < 1.29 is 14.4 Å². The smallest absolute Gasteiger partial charge is 0.241 e. The fraction of sp³-hybridized carbons (Fsp3) is 0.696. The van der Waals surface area contributed by atoms with Gasteiger partial charge in [0.1, 0.15) is 6.54 Å². The summed E-state index contributed by atoms with van der Waals surface area (Å²) in [7, 11) is 2.17. The molecule has 0 amide bonds. The Bertz CT molecular complexity index is 493. The highest BCUT2D eigenvalue weighted by molar-refractivity contribution is 6.43. The number of alkyl halides is 2. The molecule has 1 aromatic carbocycles. The van der Waals surface area contributed by atoms with Crippen molar-refractivity contribution in [2.45, 2.75) is 89.6 Å². The highest BCUT2D eigenvalue weighted by Gasteiger charge is 2.29. The zero-order valence-electron chi connectivity index (χ0n) is 18.0. The van der Waals surface area contributed by atoms with Crippen LogP contribution in [0.3, 0.4) is 0 Å². The Morgan fingerprint density at radius 1 is 0.929 bits per heavy atom. The monoisotopic (exact) mass is 431 g/mol. The molecule has 1 aromatic rings. The predicted molar refractivity (Wildman–Crippen MR) is 119 cm³/mol. The van der Waals surface area contributed by atoms with E-state index in [1.54, 1.807) is 0 Å². The Hall–Kier alpha value is -0.770. The average molecular weight is 432 g/mol. The highest BCUT2D eigenvalue weighted by atomic mass is 35.5. The second kappa shape index (κ2) is 17.1. The molecule has 162 valence electrons. The van der Waals surface area contributed by atoms with Crippen molar-refractivity contribution in [2.24, 2.45) is 0 Å². The van der Waals surface area contributed by atoms with E-state index in [1.165, 1.54) is 69.8 Å². The molecule has 0 spiro atoms. The second-order valence-corrected chi connectivity index (χ2v) is 8.85. The molecule has 0 aliphatic carbocycles. The first-order chi connectivity index (χ1) is 13.3. The van der Waals surface area contributed by atoms with Gasteiger partial charge >= 0.3 is 0 Å². The predicted octanol–water partition coefficient (Wildman–Crippen LogP) is 6.07. The van der Waals surface area contributed by atoms with Gasteiger partial charge in [0.25, 0.3) is 0 Å². The Morgan fingerprint density at radius 3 is 1.79 bits per heavy atom. The quantitative estimate of drug-likeness (QED) is 0.155. The number of benzene rings is 1. The lowest BCUT2D eigenvalue weighted by Crippen LogP contribution is -2.47. The van der Waals surface area contributed by atoms with Gasteiger partial charge in [-0.15, -0.1) is 0 Å². The van der Waals surface area contributed by atoms with Gasteiger partial charge in [-0.25, -0.2) is 0 Å². The maximum Gasteiger partial charge on any atom is 0.241 e. The van der Waals surface area contributed by atoms with E-state index < -0.39 is 5.97 Å². The molecule has 0 aliphatic heterocycles. The van der Waals surface area contributed by atoms with Gasteiger partial charge in [-0.3, -0.25) is 4.48 Å². The SMILES string of the molecule is CC(=O)[O-].CCCCCCCCCCCC[N+](C)(Cc1ccccc1)C(Cl)Cl. The van der Waals surface area contributed by atoms with E-state index in [0.29, 0.717) is 4.48 Å². The first kappa shape index (κ1) is 27.2. The lowest BCUT2D eigenvalue weighted by molar-refractivity contribution is -0.922. The highest BCUT2D eigenvalue weighted by Crippen LogP contribution is 2.24. The summed E-state index contributed by atoms with van der Waals surface area (Å²) in [6.45, 7) is 5.19. The number of halogens is 2. The molecule has 0 aliphatic rings. The minimum Gasteiger partial charge on any atom is -0.550 e. The molecule has 0 heterocycles. The van der Waals surface area contributed by atoms with Crippen LogP contribution in [-0.4, -0.2) is 29.0 Å². The minimum absolute atomic E-state index is 0.372. The first-order valence-electron chi connectivity index (χ1n) is 10.7. The molecule has 3 nitrogen and oxygen atoms in total.